The number of nitrogens with one attached hydrogen (secondary N) is 1. The molecule has 0 radical (unpaired) electrons. The average molecular weight is 376 g/mol. The fraction of sp³-hybridized carbons (Fsp3) is 0.350. The molecule has 138 valence electrons. The number of carbonyl (C=O) groups excluding carboxylic acids is 1. The molecule has 1 heterocycles. The van der Waals surface area contributed by atoms with Crippen molar-refractivity contribution in [2.24, 2.45) is 5.92 Å². The number of hydrogen-bond acceptors (Lipinski definition) is 3. The normalized spacial score (nSPS) is 18.1. The Morgan fingerprint density at radius 3 is 2.73 bits per heavy atom. The van der Waals surface area contributed by atoms with E-state index in [1.165, 1.54) is 12.1 Å². The van der Waals surface area contributed by atoms with Gasteiger partial charge < -0.3 is 10.2 Å². The molecule has 3 nitrogen and oxygen atoms in total. The van der Waals surface area contributed by atoms with Crippen molar-refractivity contribution in [1.29, 1.82) is 0 Å². The number of benzene rings is 2. The second-order valence-corrected chi connectivity index (χ2v) is 7.63. The van der Waals surface area contributed by atoms with Gasteiger partial charge in [-0.15, -0.1) is 11.8 Å². The van der Waals surface area contributed by atoms with Crippen molar-refractivity contribution in [3.8, 4) is 0 Å². The van der Waals surface area contributed by atoms with E-state index in [1.54, 1.807) is 0 Å². The van der Waals surface area contributed by atoms with Crippen LogP contribution in [-0.4, -0.2) is 37.5 Å². The van der Waals surface area contributed by atoms with E-state index in [0.717, 1.165) is 36.4 Å². The van der Waals surface area contributed by atoms with E-state index in [2.05, 4.69) is 5.32 Å². The lowest BCUT2D eigenvalue weighted by Gasteiger charge is -2.24. The molecule has 1 fully saturated rings. The number of halogens is 2. The van der Waals surface area contributed by atoms with E-state index in [1.807, 2.05) is 42.3 Å². The summed E-state index contributed by atoms with van der Waals surface area (Å²) in [5, 5.41) is 2.60. The quantitative estimate of drug-likeness (QED) is 0.777. The van der Waals surface area contributed by atoms with Crippen molar-refractivity contribution in [3.05, 3.63) is 65.7 Å². The first-order valence-electron chi connectivity index (χ1n) is 8.68. The van der Waals surface area contributed by atoms with Crippen LogP contribution >= 0.6 is 11.8 Å². The van der Waals surface area contributed by atoms with Crippen LogP contribution < -0.4 is 5.32 Å². The van der Waals surface area contributed by atoms with Crippen molar-refractivity contribution < 1.29 is 13.6 Å². The van der Waals surface area contributed by atoms with E-state index in [9.17, 15) is 13.6 Å². The molecule has 3 rings (SSSR count). The van der Waals surface area contributed by atoms with Crippen molar-refractivity contribution in [3.63, 3.8) is 0 Å². The number of nitrogens with zero attached hydrogens (tertiary/aromatic N) is 1. The van der Waals surface area contributed by atoms with E-state index >= 15 is 0 Å². The zero-order valence-corrected chi connectivity index (χ0v) is 15.4. The van der Waals surface area contributed by atoms with Gasteiger partial charge in [0, 0.05) is 24.1 Å². The fourth-order valence-corrected chi connectivity index (χ4v) is 4.36. The van der Waals surface area contributed by atoms with Crippen molar-refractivity contribution >= 4 is 17.7 Å². The van der Waals surface area contributed by atoms with Gasteiger partial charge in [-0.3, -0.25) is 4.79 Å². The molecule has 1 amide bonds. The second-order valence-electron chi connectivity index (χ2n) is 6.48. The Morgan fingerprint density at radius 1 is 1.27 bits per heavy atom. The van der Waals surface area contributed by atoms with Gasteiger partial charge in [-0.05, 0) is 43.6 Å². The molecule has 1 N–H and O–H groups in total. The molecule has 1 aliphatic heterocycles. The molecule has 0 aliphatic carbocycles. The minimum atomic E-state index is -0.641. The maximum atomic E-state index is 14.1. The highest BCUT2D eigenvalue weighted by Gasteiger charge is 2.32. The van der Waals surface area contributed by atoms with Gasteiger partial charge in [0.1, 0.15) is 16.9 Å². The monoisotopic (exact) mass is 376 g/mol. The van der Waals surface area contributed by atoms with Crippen LogP contribution in [0.25, 0.3) is 0 Å². The van der Waals surface area contributed by atoms with Crippen LogP contribution in [0.2, 0.25) is 0 Å². The summed E-state index contributed by atoms with van der Waals surface area (Å²) in [6.45, 7) is 2.29. The molecule has 2 aromatic carbocycles. The van der Waals surface area contributed by atoms with E-state index in [0.29, 0.717) is 19.0 Å². The first-order chi connectivity index (χ1) is 12.6. The molecule has 0 bridgehead atoms. The summed E-state index contributed by atoms with van der Waals surface area (Å²) in [5.41, 5.74) is 0.822. The van der Waals surface area contributed by atoms with Crippen LogP contribution in [0.3, 0.4) is 0 Å². The van der Waals surface area contributed by atoms with E-state index in [-0.39, 0.29) is 10.8 Å². The standard InChI is InChI=1S/C20H22F2N2OS/c1-23-12-14-9-10-24(13-14)20(25)19(15-5-3-2-4-6-15)26-18-8-7-16(21)11-17(18)22/h2-8,11,14,19,23H,9-10,12-13H2,1H3. The smallest absolute Gasteiger partial charge is 0.240 e. The van der Waals surface area contributed by atoms with Crippen molar-refractivity contribution in [2.45, 2.75) is 16.6 Å². The predicted octanol–water partition coefficient (Wildman–Crippen LogP) is 3.87. The van der Waals surface area contributed by atoms with Gasteiger partial charge >= 0.3 is 0 Å². The Kier molecular flexibility index (Phi) is 6.27. The largest absolute Gasteiger partial charge is 0.341 e. The Hall–Kier alpha value is -1.92. The zero-order valence-electron chi connectivity index (χ0n) is 14.6. The molecule has 1 saturated heterocycles. The maximum Gasteiger partial charge on any atom is 0.240 e. The van der Waals surface area contributed by atoms with Crippen molar-refractivity contribution in [2.75, 3.05) is 26.7 Å². The fourth-order valence-electron chi connectivity index (χ4n) is 3.24. The number of rotatable bonds is 6. The van der Waals surface area contributed by atoms with Crippen LogP contribution in [0.15, 0.2) is 53.4 Å². The summed E-state index contributed by atoms with van der Waals surface area (Å²) in [4.78, 5) is 15.3. The van der Waals surface area contributed by atoms with Gasteiger partial charge in [0.15, 0.2) is 0 Å². The molecule has 26 heavy (non-hydrogen) atoms. The Balaban J connectivity index is 1.83. The van der Waals surface area contributed by atoms with Gasteiger partial charge in [0.2, 0.25) is 5.91 Å². The summed E-state index contributed by atoms with van der Waals surface area (Å²) in [7, 11) is 1.91. The molecule has 2 atom stereocenters. The lowest BCUT2D eigenvalue weighted by Crippen LogP contribution is -2.33. The topological polar surface area (TPSA) is 32.3 Å². The van der Waals surface area contributed by atoms with Crippen LogP contribution in [0.1, 0.15) is 17.2 Å². The first kappa shape index (κ1) is 18.9. The summed E-state index contributed by atoms with van der Waals surface area (Å²) in [6, 6.07) is 12.8. The molecule has 0 aromatic heterocycles. The van der Waals surface area contributed by atoms with E-state index in [4.69, 9.17) is 0 Å². The van der Waals surface area contributed by atoms with Gasteiger partial charge in [-0.2, -0.15) is 0 Å². The van der Waals surface area contributed by atoms with Crippen LogP contribution in [-0.2, 0) is 4.79 Å². The predicted molar refractivity (Wildman–Crippen MR) is 100 cm³/mol. The van der Waals surface area contributed by atoms with Gasteiger partial charge in [-0.1, -0.05) is 30.3 Å². The van der Waals surface area contributed by atoms with Crippen molar-refractivity contribution in [1.82, 2.24) is 10.2 Å². The summed E-state index contributed by atoms with van der Waals surface area (Å²) >= 11 is 1.14. The highest BCUT2D eigenvalue weighted by molar-refractivity contribution is 8.00. The third-order valence-corrected chi connectivity index (χ3v) is 5.85. The number of hydrogen-bond donors (Lipinski definition) is 1. The first-order valence-corrected chi connectivity index (χ1v) is 9.56. The van der Waals surface area contributed by atoms with Gasteiger partial charge in [0.05, 0.1) is 0 Å². The Bertz CT molecular complexity index is 757. The minimum Gasteiger partial charge on any atom is -0.341 e. The number of carbonyl (C=O) groups is 1. The summed E-state index contributed by atoms with van der Waals surface area (Å²) in [5.74, 6) is -0.849. The van der Waals surface area contributed by atoms with Crippen LogP contribution in [0.5, 0.6) is 0 Å². The Morgan fingerprint density at radius 2 is 2.04 bits per heavy atom. The highest BCUT2D eigenvalue weighted by Crippen LogP contribution is 2.39. The number of thioether (sulfide) groups is 1. The molecular weight excluding hydrogens is 354 g/mol. The minimum absolute atomic E-state index is 0.0245. The van der Waals surface area contributed by atoms with Gasteiger partial charge in [-0.25, -0.2) is 8.78 Å². The molecule has 2 unspecified atom stereocenters. The molecule has 0 spiro atoms. The second kappa shape index (κ2) is 8.64. The summed E-state index contributed by atoms with van der Waals surface area (Å²) < 4.78 is 27.3. The summed E-state index contributed by atoms with van der Waals surface area (Å²) in [6.07, 6.45) is 0.962. The zero-order chi connectivity index (χ0) is 18.5. The lowest BCUT2D eigenvalue weighted by atomic mass is 10.1. The third-order valence-electron chi connectivity index (χ3n) is 4.56. The number of likely N-dealkylation sites (tertiary alicyclic amines) is 1. The third kappa shape index (κ3) is 4.43. The van der Waals surface area contributed by atoms with Crippen LogP contribution in [0, 0.1) is 17.6 Å². The van der Waals surface area contributed by atoms with E-state index < -0.39 is 16.9 Å². The Labute approximate surface area is 156 Å². The molecule has 6 heteroatoms. The molecule has 1 aliphatic rings. The molecular formula is C20H22F2N2OS. The SMILES string of the molecule is CNCC1CCN(C(=O)C(Sc2ccc(F)cc2F)c2ccccc2)C1. The lowest BCUT2D eigenvalue weighted by molar-refractivity contribution is -0.129. The maximum absolute atomic E-state index is 14.1. The number of amides is 1. The molecule has 2 aromatic rings. The highest BCUT2D eigenvalue weighted by atomic mass is 32.2. The molecule has 0 saturated carbocycles. The van der Waals surface area contributed by atoms with Gasteiger partial charge in [0.25, 0.3) is 0 Å². The van der Waals surface area contributed by atoms with Crippen LogP contribution in [0.4, 0.5) is 8.78 Å². The average Bonchev–Trinajstić information content (AvgIpc) is 3.10.